The van der Waals surface area contributed by atoms with E-state index in [1.165, 1.54) is 12.0 Å². The van der Waals surface area contributed by atoms with Gasteiger partial charge in [0, 0.05) is 6.42 Å². The zero-order valence-electron chi connectivity index (χ0n) is 10.0. The molecule has 0 aromatic heterocycles. The normalized spacial score (nSPS) is 16.2. The minimum atomic E-state index is 0.390. The van der Waals surface area contributed by atoms with Gasteiger partial charge in [0.15, 0.2) is 5.78 Å². The van der Waals surface area contributed by atoms with Crippen LogP contribution in [0.5, 0.6) is 0 Å². The molecule has 0 aromatic carbocycles. The highest BCUT2D eigenvalue weighted by Gasteiger charge is 2.20. The number of carbonyl (C=O) groups excluding carboxylic acids is 1. The van der Waals surface area contributed by atoms with E-state index in [2.05, 4.69) is 20.4 Å². The van der Waals surface area contributed by atoms with Crippen molar-refractivity contribution in [2.45, 2.75) is 52.4 Å². The minimum Gasteiger partial charge on any atom is -0.295 e. The quantitative estimate of drug-likeness (QED) is 0.599. The number of carbonyl (C=O) groups is 1. The van der Waals surface area contributed by atoms with Crippen LogP contribution in [0.4, 0.5) is 0 Å². The predicted octanol–water partition coefficient (Wildman–Crippen LogP) is 4.05. The number of hydrogen-bond donors (Lipinski definition) is 0. The topological polar surface area (TPSA) is 17.1 Å². The third-order valence-corrected chi connectivity index (χ3v) is 2.91. The van der Waals surface area contributed by atoms with Gasteiger partial charge in [-0.3, -0.25) is 4.79 Å². The van der Waals surface area contributed by atoms with Gasteiger partial charge >= 0.3 is 0 Å². The van der Waals surface area contributed by atoms with E-state index in [0.29, 0.717) is 18.1 Å². The third-order valence-electron chi connectivity index (χ3n) is 2.91. The van der Waals surface area contributed by atoms with Crippen LogP contribution in [-0.2, 0) is 4.79 Å². The summed E-state index contributed by atoms with van der Waals surface area (Å²) in [7, 11) is 0. The standard InChI is InChI=1S/C14H22O/c1-4-5-7-12-8-6-9-13(12)14(15)10-11(2)3/h4,11H,1,5-10H2,2-3H3. The average Bonchev–Trinajstić information content (AvgIpc) is 2.61. The Hall–Kier alpha value is -0.850. The first kappa shape index (κ1) is 12.2. The van der Waals surface area contributed by atoms with Crippen molar-refractivity contribution in [2.24, 2.45) is 5.92 Å². The van der Waals surface area contributed by atoms with Gasteiger partial charge in [-0.1, -0.05) is 25.5 Å². The van der Waals surface area contributed by atoms with Crippen LogP contribution < -0.4 is 0 Å². The Bertz CT molecular complexity index is 271. The van der Waals surface area contributed by atoms with E-state index >= 15 is 0 Å². The zero-order chi connectivity index (χ0) is 11.3. The molecule has 84 valence electrons. The van der Waals surface area contributed by atoms with Crippen LogP contribution >= 0.6 is 0 Å². The monoisotopic (exact) mass is 206 g/mol. The van der Waals surface area contributed by atoms with Crippen molar-refractivity contribution in [3.8, 4) is 0 Å². The first-order valence-corrected chi connectivity index (χ1v) is 6.00. The summed E-state index contributed by atoms with van der Waals surface area (Å²) >= 11 is 0. The van der Waals surface area contributed by atoms with Crippen LogP contribution in [0, 0.1) is 5.92 Å². The molecule has 1 nitrogen and oxygen atoms in total. The van der Waals surface area contributed by atoms with Crippen LogP contribution in [-0.4, -0.2) is 5.78 Å². The van der Waals surface area contributed by atoms with Crippen molar-refractivity contribution in [1.29, 1.82) is 0 Å². The number of hydrogen-bond acceptors (Lipinski definition) is 1. The lowest BCUT2D eigenvalue weighted by Crippen LogP contribution is -2.06. The van der Waals surface area contributed by atoms with E-state index in [4.69, 9.17) is 0 Å². The van der Waals surface area contributed by atoms with E-state index in [9.17, 15) is 4.79 Å². The van der Waals surface area contributed by atoms with Gasteiger partial charge in [-0.05, 0) is 43.6 Å². The molecule has 1 aliphatic rings. The maximum Gasteiger partial charge on any atom is 0.159 e. The summed E-state index contributed by atoms with van der Waals surface area (Å²) in [5.41, 5.74) is 2.55. The molecule has 15 heavy (non-hydrogen) atoms. The number of Topliss-reactive ketones (excluding diaryl/α,β-unsaturated/α-hetero) is 1. The molecule has 0 bridgehead atoms. The summed E-state index contributed by atoms with van der Waals surface area (Å²) in [6.07, 6.45) is 8.02. The third kappa shape index (κ3) is 3.65. The maximum atomic E-state index is 11.9. The van der Waals surface area contributed by atoms with Gasteiger partial charge in [0.1, 0.15) is 0 Å². The molecule has 0 atom stereocenters. The number of ketones is 1. The lowest BCUT2D eigenvalue weighted by Gasteiger charge is -2.07. The second-order valence-electron chi connectivity index (χ2n) is 4.78. The molecule has 0 radical (unpaired) electrons. The first-order chi connectivity index (χ1) is 7.15. The van der Waals surface area contributed by atoms with E-state index in [-0.39, 0.29) is 0 Å². The molecule has 0 spiro atoms. The first-order valence-electron chi connectivity index (χ1n) is 6.00. The van der Waals surface area contributed by atoms with Crippen molar-refractivity contribution in [2.75, 3.05) is 0 Å². The largest absolute Gasteiger partial charge is 0.295 e. The molecular weight excluding hydrogens is 184 g/mol. The highest BCUT2D eigenvalue weighted by molar-refractivity contribution is 5.96. The summed E-state index contributed by atoms with van der Waals surface area (Å²) in [4.78, 5) is 11.9. The summed E-state index contributed by atoms with van der Waals surface area (Å²) in [5.74, 6) is 0.868. The van der Waals surface area contributed by atoms with Crippen molar-refractivity contribution in [3.05, 3.63) is 23.8 Å². The van der Waals surface area contributed by atoms with Crippen molar-refractivity contribution in [1.82, 2.24) is 0 Å². The van der Waals surface area contributed by atoms with Gasteiger partial charge in [-0.15, -0.1) is 6.58 Å². The van der Waals surface area contributed by atoms with Crippen molar-refractivity contribution in [3.63, 3.8) is 0 Å². The Kier molecular flexibility index (Phi) is 4.80. The fourth-order valence-corrected chi connectivity index (χ4v) is 2.19. The van der Waals surface area contributed by atoms with Gasteiger partial charge in [0.25, 0.3) is 0 Å². The average molecular weight is 206 g/mol. The van der Waals surface area contributed by atoms with Crippen LogP contribution in [0.15, 0.2) is 23.8 Å². The van der Waals surface area contributed by atoms with Gasteiger partial charge in [-0.25, -0.2) is 0 Å². The number of allylic oxidation sites excluding steroid dienone is 3. The molecule has 0 N–H and O–H groups in total. The SMILES string of the molecule is C=CCCC1=C(C(=O)CC(C)C)CCC1. The lowest BCUT2D eigenvalue weighted by molar-refractivity contribution is -0.116. The van der Waals surface area contributed by atoms with E-state index in [0.717, 1.165) is 31.3 Å². The van der Waals surface area contributed by atoms with Crippen LogP contribution in [0.25, 0.3) is 0 Å². The Labute approximate surface area is 93.3 Å². The molecule has 0 aliphatic heterocycles. The molecule has 0 aromatic rings. The summed E-state index contributed by atoms with van der Waals surface area (Å²) in [6.45, 7) is 7.95. The smallest absolute Gasteiger partial charge is 0.159 e. The van der Waals surface area contributed by atoms with Gasteiger partial charge in [0.2, 0.25) is 0 Å². The van der Waals surface area contributed by atoms with Gasteiger partial charge < -0.3 is 0 Å². The van der Waals surface area contributed by atoms with E-state index in [1.54, 1.807) is 0 Å². The minimum absolute atomic E-state index is 0.390. The van der Waals surface area contributed by atoms with Crippen molar-refractivity contribution < 1.29 is 4.79 Å². The molecule has 0 saturated heterocycles. The fourth-order valence-electron chi connectivity index (χ4n) is 2.19. The highest BCUT2D eigenvalue weighted by Crippen LogP contribution is 2.31. The summed E-state index contributed by atoms with van der Waals surface area (Å²) in [6, 6.07) is 0. The zero-order valence-corrected chi connectivity index (χ0v) is 10.0. The van der Waals surface area contributed by atoms with Crippen LogP contribution in [0.2, 0.25) is 0 Å². The molecule has 1 heteroatoms. The second kappa shape index (κ2) is 5.89. The second-order valence-corrected chi connectivity index (χ2v) is 4.78. The molecule has 1 aliphatic carbocycles. The molecule has 0 amide bonds. The van der Waals surface area contributed by atoms with Crippen molar-refractivity contribution >= 4 is 5.78 Å². The molecule has 0 fully saturated rings. The van der Waals surface area contributed by atoms with Crippen LogP contribution in [0.3, 0.4) is 0 Å². The molecule has 0 heterocycles. The molecular formula is C14H22O. The van der Waals surface area contributed by atoms with Gasteiger partial charge in [0.05, 0.1) is 0 Å². The summed E-state index contributed by atoms with van der Waals surface area (Å²) in [5, 5.41) is 0. The number of rotatable bonds is 6. The summed E-state index contributed by atoms with van der Waals surface area (Å²) < 4.78 is 0. The Balaban J connectivity index is 2.63. The Morgan fingerprint density at radius 1 is 1.47 bits per heavy atom. The molecule has 0 unspecified atom stereocenters. The van der Waals surface area contributed by atoms with Crippen LogP contribution in [0.1, 0.15) is 52.4 Å². The fraction of sp³-hybridized carbons (Fsp3) is 0.643. The Morgan fingerprint density at radius 3 is 2.80 bits per heavy atom. The van der Waals surface area contributed by atoms with E-state index < -0.39 is 0 Å². The predicted molar refractivity (Wildman–Crippen MR) is 64.8 cm³/mol. The Morgan fingerprint density at radius 2 is 2.20 bits per heavy atom. The highest BCUT2D eigenvalue weighted by atomic mass is 16.1. The molecule has 0 saturated carbocycles. The molecule has 1 rings (SSSR count). The van der Waals surface area contributed by atoms with Gasteiger partial charge in [-0.2, -0.15) is 0 Å². The lowest BCUT2D eigenvalue weighted by atomic mass is 9.97. The maximum absolute atomic E-state index is 11.9. The van der Waals surface area contributed by atoms with E-state index in [1.807, 2.05) is 6.08 Å².